The van der Waals surface area contributed by atoms with Crippen LogP contribution in [0.2, 0.25) is 0 Å². The highest BCUT2D eigenvalue weighted by atomic mass is 19.3. The molecule has 0 saturated heterocycles. The van der Waals surface area contributed by atoms with Gasteiger partial charge < -0.3 is 15.4 Å². The molecule has 2 rings (SSSR count). The first-order valence-corrected chi connectivity index (χ1v) is 7.50. The first-order valence-electron chi connectivity index (χ1n) is 7.50. The lowest BCUT2D eigenvalue weighted by Crippen LogP contribution is -2.32. The molecule has 0 fully saturated rings. The van der Waals surface area contributed by atoms with E-state index in [1.54, 1.807) is 17.8 Å². The maximum atomic E-state index is 12.2. The second-order valence-corrected chi connectivity index (χ2v) is 5.36. The molecule has 130 valence electrons. The van der Waals surface area contributed by atoms with E-state index in [2.05, 4.69) is 20.5 Å². The van der Waals surface area contributed by atoms with Crippen molar-refractivity contribution in [1.29, 1.82) is 0 Å². The summed E-state index contributed by atoms with van der Waals surface area (Å²) >= 11 is 0. The zero-order valence-electron chi connectivity index (χ0n) is 13.7. The highest BCUT2D eigenvalue weighted by molar-refractivity contribution is 5.90. The summed E-state index contributed by atoms with van der Waals surface area (Å²) in [6, 6.07) is 3.81. The predicted molar refractivity (Wildman–Crippen MR) is 86.2 cm³/mol. The predicted octanol–water partition coefficient (Wildman–Crippen LogP) is 3.60. The summed E-state index contributed by atoms with van der Waals surface area (Å²) in [7, 11) is 1.81. The van der Waals surface area contributed by atoms with Crippen LogP contribution in [0.3, 0.4) is 0 Å². The highest BCUT2D eigenvalue weighted by Crippen LogP contribution is 2.23. The normalized spacial score (nSPS) is 12.1. The number of nitrogens with zero attached hydrogens (tertiary/aromatic N) is 2. The van der Waals surface area contributed by atoms with Crippen LogP contribution in [-0.4, -0.2) is 22.4 Å². The first-order chi connectivity index (χ1) is 11.4. The van der Waals surface area contributed by atoms with Crippen LogP contribution in [0.4, 0.5) is 19.3 Å². The minimum absolute atomic E-state index is 0.0512. The summed E-state index contributed by atoms with van der Waals surface area (Å²) in [5.74, 6) is 0.0512. The molecule has 1 aromatic carbocycles. The van der Waals surface area contributed by atoms with E-state index in [1.807, 2.05) is 20.2 Å². The molecule has 1 aromatic heterocycles. The number of rotatable bonds is 6. The third kappa shape index (κ3) is 4.68. The molecule has 0 saturated carbocycles. The Morgan fingerprint density at radius 1 is 1.42 bits per heavy atom. The number of benzene rings is 1. The molecule has 0 aliphatic carbocycles. The molecule has 0 radical (unpaired) electrons. The lowest BCUT2D eigenvalue weighted by Gasteiger charge is -2.17. The van der Waals surface area contributed by atoms with Gasteiger partial charge >= 0.3 is 12.6 Å². The number of carbonyl (C=O) groups excluding carboxylic acids is 1. The molecule has 0 aliphatic rings. The number of hydrogen-bond acceptors (Lipinski definition) is 3. The first kappa shape index (κ1) is 17.7. The number of urea groups is 1. The van der Waals surface area contributed by atoms with Gasteiger partial charge in [0.1, 0.15) is 5.75 Å². The van der Waals surface area contributed by atoms with E-state index < -0.39 is 6.61 Å². The molecule has 2 aromatic rings. The lowest BCUT2D eigenvalue weighted by atomic mass is 10.1. The molecular weight excluding hydrogens is 318 g/mol. The second kappa shape index (κ2) is 7.76. The second-order valence-electron chi connectivity index (χ2n) is 5.36. The molecule has 6 nitrogen and oxygen atoms in total. The number of nitrogens with one attached hydrogen (secondary N) is 2. The van der Waals surface area contributed by atoms with Crippen LogP contribution >= 0.6 is 0 Å². The average Bonchev–Trinajstić information content (AvgIpc) is 2.93. The van der Waals surface area contributed by atoms with Gasteiger partial charge in [-0.3, -0.25) is 4.68 Å². The van der Waals surface area contributed by atoms with Crippen LogP contribution in [0.15, 0.2) is 30.6 Å². The number of halogens is 2. The van der Waals surface area contributed by atoms with E-state index in [0.29, 0.717) is 17.7 Å². The Kier molecular flexibility index (Phi) is 5.73. The lowest BCUT2D eigenvalue weighted by molar-refractivity contribution is -0.0498. The van der Waals surface area contributed by atoms with E-state index in [9.17, 15) is 13.6 Å². The van der Waals surface area contributed by atoms with Crippen molar-refractivity contribution in [2.24, 2.45) is 7.05 Å². The molecular formula is C16H20F2N4O2. The molecule has 0 spiro atoms. The van der Waals surface area contributed by atoms with E-state index in [1.165, 1.54) is 18.2 Å². The van der Waals surface area contributed by atoms with Crippen LogP contribution in [0.1, 0.15) is 30.5 Å². The van der Waals surface area contributed by atoms with E-state index >= 15 is 0 Å². The van der Waals surface area contributed by atoms with Gasteiger partial charge in [0.15, 0.2) is 0 Å². The van der Waals surface area contributed by atoms with Gasteiger partial charge in [0, 0.05) is 24.5 Å². The van der Waals surface area contributed by atoms with Gasteiger partial charge in [-0.25, -0.2) is 4.79 Å². The smallest absolute Gasteiger partial charge is 0.387 e. The molecule has 1 heterocycles. The van der Waals surface area contributed by atoms with Crippen LogP contribution in [-0.2, 0) is 7.05 Å². The number of aryl methyl sites for hydroxylation is 2. The molecule has 0 bridgehead atoms. The van der Waals surface area contributed by atoms with Gasteiger partial charge in [-0.05, 0) is 37.1 Å². The average molecular weight is 338 g/mol. The molecule has 0 aliphatic heterocycles. The largest absolute Gasteiger partial charge is 0.435 e. The van der Waals surface area contributed by atoms with Crippen molar-refractivity contribution in [1.82, 2.24) is 15.1 Å². The number of anilines is 1. The number of aromatic nitrogens is 2. The maximum Gasteiger partial charge on any atom is 0.387 e. The van der Waals surface area contributed by atoms with Gasteiger partial charge in [-0.2, -0.15) is 13.9 Å². The Morgan fingerprint density at radius 2 is 2.17 bits per heavy atom. The Morgan fingerprint density at radius 3 is 2.71 bits per heavy atom. The number of hydrogen-bond donors (Lipinski definition) is 2. The third-order valence-corrected chi connectivity index (χ3v) is 3.51. The van der Waals surface area contributed by atoms with Crippen LogP contribution in [0.5, 0.6) is 5.75 Å². The summed E-state index contributed by atoms with van der Waals surface area (Å²) in [5, 5.41) is 9.67. The molecule has 2 amide bonds. The quantitative estimate of drug-likeness (QED) is 0.845. The molecule has 24 heavy (non-hydrogen) atoms. The van der Waals surface area contributed by atoms with Crippen LogP contribution < -0.4 is 15.4 Å². The molecule has 2 N–H and O–H groups in total. The monoisotopic (exact) mass is 338 g/mol. The maximum absolute atomic E-state index is 12.2. The fourth-order valence-electron chi connectivity index (χ4n) is 2.31. The molecule has 8 heteroatoms. The number of ether oxygens (including phenoxy) is 1. The summed E-state index contributed by atoms with van der Waals surface area (Å²) in [4.78, 5) is 12.2. The number of alkyl halides is 2. The SMILES string of the molecule is CCC(NC(=O)Nc1ccc(OC(F)F)cc1C)c1cnn(C)c1. The number of amides is 2. The zero-order chi connectivity index (χ0) is 17.7. The number of carbonyl (C=O) groups is 1. The standard InChI is InChI=1S/C16H20F2N4O2/c1-4-13(11-8-19-22(3)9-11)20-16(23)21-14-6-5-12(7-10(14)2)24-15(17)18/h5-9,13,15H,4H2,1-3H3,(H2,20,21,23). The molecule has 1 atom stereocenters. The third-order valence-electron chi connectivity index (χ3n) is 3.51. The van der Waals surface area contributed by atoms with Crippen molar-refractivity contribution < 1.29 is 18.3 Å². The van der Waals surface area contributed by atoms with Crippen molar-refractivity contribution in [2.75, 3.05) is 5.32 Å². The Bertz CT molecular complexity index is 703. The highest BCUT2D eigenvalue weighted by Gasteiger charge is 2.15. The molecule has 1 unspecified atom stereocenters. The van der Waals surface area contributed by atoms with Crippen molar-refractivity contribution in [2.45, 2.75) is 32.9 Å². The van der Waals surface area contributed by atoms with Crippen LogP contribution in [0, 0.1) is 6.92 Å². The van der Waals surface area contributed by atoms with Crippen molar-refractivity contribution in [3.8, 4) is 5.75 Å². The minimum Gasteiger partial charge on any atom is -0.435 e. The van der Waals surface area contributed by atoms with E-state index in [0.717, 1.165) is 5.56 Å². The Balaban J connectivity index is 2.01. The summed E-state index contributed by atoms with van der Waals surface area (Å²) in [6.45, 7) is 0.780. The Labute approximate surface area is 138 Å². The van der Waals surface area contributed by atoms with Gasteiger partial charge in [-0.1, -0.05) is 6.92 Å². The van der Waals surface area contributed by atoms with Gasteiger partial charge in [0.05, 0.1) is 12.2 Å². The fraction of sp³-hybridized carbons (Fsp3) is 0.375. The fourth-order valence-corrected chi connectivity index (χ4v) is 2.31. The minimum atomic E-state index is -2.88. The van der Waals surface area contributed by atoms with Crippen molar-refractivity contribution >= 4 is 11.7 Å². The van der Waals surface area contributed by atoms with Gasteiger partial charge in [0.2, 0.25) is 0 Å². The topological polar surface area (TPSA) is 68.2 Å². The van der Waals surface area contributed by atoms with Crippen molar-refractivity contribution in [3.63, 3.8) is 0 Å². The van der Waals surface area contributed by atoms with E-state index in [4.69, 9.17) is 0 Å². The van der Waals surface area contributed by atoms with Crippen LogP contribution in [0.25, 0.3) is 0 Å². The van der Waals surface area contributed by atoms with Gasteiger partial charge in [-0.15, -0.1) is 0 Å². The van der Waals surface area contributed by atoms with E-state index in [-0.39, 0.29) is 17.8 Å². The van der Waals surface area contributed by atoms with Gasteiger partial charge in [0.25, 0.3) is 0 Å². The summed E-state index contributed by atoms with van der Waals surface area (Å²) in [6.07, 6.45) is 4.26. The zero-order valence-corrected chi connectivity index (χ0v) is 13.7. The Hall–Kier alpha value is -2.64. The van der Waals surface area contributed by atoms with Crippen molar-refractivity contribution in [3.05, 3.63) is 41.7 Å². The summed E-state index contributed by atoms with van der Waals surface area (Å²) in [5.41, 5.74) is 2.06. The summed E-state index contributed by atoms with van der Waals surface area (Å²) < 4.78 is 30.4.